The molecule has 5 heteroatoms. The van der Waals surface area contributed by atoms with Crippen LogP contribution in [0, 0.1) is 0 Å². The van der Waals surface area contributed by atoms with Crippen LogP contribution >= 0.6 is 27.7 Å². The first-order valence-electron chi connectivity index (χ1n) is 5.91. The molecule has 0 aliphatic rings. The fraction of sp³-hybridized carbons (Fsp3) is 0.462. The molecule has 1 rings (SSSR count). The molecule has 0 heterocycles. The van der Waals surface area contributed by atoms with E-state index in [1.807, 2.05) is 18.2 Å². The van der Waals surface area contributed by atoms with Gasteiger partial charge in [-0.05, 0) is 5.56 Å². The normalized spacial score (nSPS) is 12.1. The van der Waals surface area contributed by atoms with Crippen LogP contribution in [0.15, 0.2) is 30.3 Å². The Morgan fingerprint density at radius 1 is 1.44 bits per heavy atom. The second kappa shape index (κ2) is 9.42. The number of alkyl halides is 1. The van der Waals surface area contributed by atoms with Gasteiger partial charge in [-0.15, -0.1) is 11.8 Å². The number of benzene rings is 1. The van der Waals surface area contributed by atoms with E-state index in [0.29, 0.717) is 11.1 Å². The Morgan fingerprint density at radius 3 is 2.78 bits per heavy atom. The third-order valence-electron chi connectivity index (χ3n) is 2.38. The van der Waals surface area contributed by atoms with Crippen molar-refractivity contribution in [3.8, 4) is 0 Å². The molecule has 0 saturated carbocycles. The number of hydrogen-bond acceptors (Lipinski definition) is 3. The molecule has 1 radical (unpaired) electrons. The minimum Gasteiger partial charge on any atom is -0.347 e. The minimum absolute atomic E-state index is 0. The summed E-state index contributed by atoms with van der Waals surface area (Å²) >= 11 is 5.14. The van der Waals surface area contributed by atoms with Crippen molar-refractivity contribution < 1.29 is 6.22 Å². The van der Waals surface area contributed by atoms with Crippen LogP contribution in [0.4, 0.5) is 0 Å². The lowest BCUT2D eigenvalue weighted by Gasteiger charge is -2.17. The summed E-state index contributed by atoms with van der Waals surface area (Å²) in [7, 11) is 0. The number of nitrogens with one attached hydrogen (secondary N) is 2. The Labute approximate surface area is 123 Å². The Hall–Kier alpha value is -0.520. The number of rotatable bonds is 8. The molecule has 0 spiro atoms. The van der Waals surface area contributed by atoms with Crippen LogP contribution in [-0.4, -0.2) is 30.2 Å². The lowest BCUT2D eigenvalue weighted by Crippen LogP contribution is -2.25. The molecule has 0 aliphatic heterocycles. The Morgan fingerprint density at radius 2 is 2.17 bits per heavy atom. The molecule has 1 aromatic carbocycles. The lowest BCUT2D eigenvalue weighted by molar-refractivity contribution is -0.118. The summed E-state index contributed by atoms with van der Waals surface area (Å²) in [5, 5.41) is 7.52. The Bertz CT molecular complexity index is 354. The summed E-state index contributed by atoms with van der Waals surface area (Å²) < 4.78 is 0. The molecule has 1 aromatic rings. The maximum atomic E-state index is 10.9. The summed E-state index contributed by atoms with van der Waals surface area (Å²) in [6.07, 6.45) is 0. The maximum absolute atomic E-state index is 10.9. The van der Waals surface area contributed by atoms with E-state index in [4.69, 9.17) is 0 Å². The summed E-state index contributed by atoms with van der Waals surface area (Å²) in [6.45, 7) is 3.39. The van der Waals surface area contributed by atoms with E-state index >= 15 is 0 Å². The summed E-state index contributed by atoms with van der Waals surface area (Å²) in [5.41, 5.74) is 1.29. The molecule has 0 aliphatic carbocycles. The Balaban J connectivity index is 0.00000324. The van der Waals surface area contributed by atoms with E-state index in [0.717, 1.165) is 18.4 Å². The number of hydrogen-bond donors (Lipinski definition) is 2. The number of carbonyl (C=O) groups excluding carboxylic acids is 1. The van der Waals surface area contributed by atoms with E-state index in [1.165, 1.54) is 5.56 Å². The van der Waals surface area contributed by atoms with Crippen LogP contribution in [-0.2, 0) is 4.79 Å². The van der Waals surface area contributed by atoms with Gasteiger partial charge in [-0.25, -0.2) is 0 Å². The van der Waals surface area contributed by atoms with Crippen LogP contribution in [0.5, 0.6) is 0 Å². The Kier molecular flexibility index (Phi) is 8.13. The van der Waals surface area contributed by atoms with Crippen LogP contribution in [0.2, 0.25) is 0 Å². The van der Waals surface area contributed by atoms with Crippen molar-refractivity contribution >= 4 is 33.6 Å². The van der Waals surface area contributed by atoms with Crippen molar-refractivity contribution in [3.05, 3.63) is 35.9 Å². The zero-order valence-corrected chi connectivity index (χ0v) is 12.9. The number of thioether (sulfide) groups is 1. The van der Waals surface area contributed by atoms with Gasteiger partial charge >= 0.3 is 0 Å². The molecule has 0 fully saturated rings. The number of halogens is 1. The zero-order chi connectivity index (χ0) is 13.2. The number of carbonyl (C=O) groups is 1. The second-order valence-corrected chi connectivity index (χ2v) is 5.82. The third-order valence-corrected chi connectivity index (χ3v) is 3.93. The van der Waals surface area contributed by atoms with Crippen molar-refractivity contribution in [2.75, 3.05) is 24.3 Å². The predicted octanol–water partition coefficient (Wildman–Crippen LogP) is 2.65. The topological polar surface area (TPSA) is 41.1 Å². The first-order valence-corrected chi connectivity index (χ1v) is 8.08. The van der Waals surface area contributed by atoms with Crippen LogP contribution in [0.25, 0.3) is 0 Å². The van der Waals surface area contributed by atoms with E-state index in [9.17, 15) is 4.79 Å². The summed E-state index contributed by atoms with van der Waals surface area (Å²) in [4.78, 5) is 10.9. The van der Waals surface area contributed by atoms with Gasteiger partial charge in [0.15, 0.2) is 0 Å². The monoisotopic (exact) mass is 331 g/mol. The van der Waals surface area contributed by atoms with Crippen molar-refractivity contribution in [2.45, 2.75) is 12.2 Å². The highest BCUT2D eigenvalue weighted by atomic mass is 79.9. The van der Waals surface area contributed by atoms with E-state index in [2.05, 4.69) is 38.7 Å². The van der Waals surface area contributed by atoms with Gasteiger partial charge in [0.1, 0.15) is 0 Å². The summed E-state index contributed by atoms with van der Waals surface area (Å²) in [6, 6.07) is 10.4. The van der Waals surface area contributed by atoms with Crippen LogP contribution in [0.1, 0.15) is 19.2 Å². The number of amides is 1. The first-order chi connectivity index (χ1) is 8.74. The molecule has 18 heavy (non-hydrogen) atoms. The van der Waals surface area contributed by atoms with E-state index in [-0.39, 0.29) is 7.33 Å². The van der Waals surface area contributed by atoms with Gasteiger partial charge < -0.3 is 10.6 Å². The fourth-order valence-corrected chi connectivity index (χ4v) is 2.84. The van der Waals surface area contributed by atoms with Crippen molar-refractivity contribution in [3.63, 3.8) is 0 Å². The molecule has 3 nitrogen and oxygen atoms in total. The van der Waals surface area contributed by atoms with E-state index in [1.54, 1.807) is 18.7 Å². The van der Waals surface area contributed by atoms with Gasteiger partial charge in [0.25, 0.3) is 0 Å². The standard InChI is InChI=1S/C13H19BrN2OS.H/c1-11(17)16-10-18-13(9-15-8-7-14)12-5-3-2-4-6-12;/h2-6,13,15H,7-10H2,1H3,(H,16,17);. The minimum atomic E-state index is 0. The first kappa shape index (κ1) is 15.5. The molecular formula is C13H20BrN2OS. The molecule has 1 atom stereocenters. The molecule has 0 aromatic heterocycles. The third kappa shape index (κ3) is 6.42. The lowest BCUT2D eigenvalue weighted by atomic mass is 10.1. The highest BCUT2D eigenvalue weighted by molar-refractivity contribution is 9.09. The summed E-state index contributed by atoms with van der Waals surface area (Å²) in [5.74, 6) is 0.660. The van der Waals surface area contributed by atoms with Crippen molar-refractivity contribution in [1.82, 2.24) is 10.6 Å². The quantitative estimate of drug-likeness (QED) is 0.437. The van der Waals surface area contributed by atoms with Crippen LogP contribution in [0.3, 0.4) is 0 Å². The van der Waals surface area contributed by atoms with Gasteiger partial charge in [0.05, 0.1) is 5.88 Å². The molecule has 0 bridgehead atoms. The fourth-order valence-electron chi connectivity index (χ4n) is 1.48. The molecule has 0 saturated heterocycles. The molecule has 101 valence electrons. The smallest absolute Gasteiger partial charge is 0.217 e. The van der Waals surface area contributed by atoms with Crippen molar-refractivity contribution in [2.24, 2.45) is 0 Å². The largest absolute Gasteiger partial charge is 0.347 e. The molecule has 2 N–H and O–H groups in total. The van der Waals surface area contributed by atoms with Gasteiger partial charge in [0.2, 0.25) is 5.91 Å². The van der Waals surface area contributed by atoms with Crippen molar-refractivity contribution in [1.29, 1.82) is 0 Å². The highest BCUT2D eigenvalue weighted by Gasteiger charge is 2.11. The average molecular weight is 332 g/mol. The maximum Gasteiger partial charge on any atom is 0.217 e. The zero-order valence-electron chi connectivity index (χ0n) is 11.5. The second-order valence-electron chi connectivity index (χ2n) is 3.84. The van der Waals surface area contributed by atoms with Gasteiger partial charge in [0, 0.05) is 32.0 Å². The van der Waals surface area contributed by atoms with Gasteiger partial charge in [-0.2, -0.15) is 0 Å². The molecule has 1 unspecified atom stereocenters. The molecule has 1 amide bonds. The highest BCUT2D eigenvalue weighted by Crippen LogP contribution is 2.27. The molecular weight excluding hydrogens is 312 g/mol. The van der Waals surface area contributed by atoms with Crippen LogP contribution < -0.4 is 10.6 Å². The van der Waals surface area contributed by atoms with E-state index < -0.39 is 0 Å². The SMILES string of the molecule is CC(=O)NCSC(CNCCBr)c1ccccc1.[H]. The average Bonchev–Trinajstić information content (AvgIpc) is 2.38. The predicted molar refractivity (Wildman–Crippen MR) is 83.2 cm³/mol. The van der Waals surface area contributed by atoms with Gasteiger partial charge in [-0.3, -0.25) is 4.79 Å². The van der Waals surface area contributed by atoms with Gasteiger partial charge in [-0.1, -0.05) is 46.3 Å².